The highest BCUT2D eigenvalue weighted by atomic mass is 35.5. The Morgan fingerprint density at radius 3 is 2.61 bits per heavy atom. The van der Waals surface area contributed by atoms with Crippen LogP contribution in [0.5, 0.6) is 11.5 Å². The highest BCUT2D eigenvalue weighted by Gasteiger charge is 2.33. The van der Waals surface area contributed by atoms with Crippen molar-refractivity contribution in [3.63, 3.8) is 0 Å². The van der Waals surface area contributed by atoms with Crippen molar-refractivity contribution >= 4 is 51.6 Å². The molecule has 1 heterocycles. The smallest absolute Gasteiger partial charge is 0.494 e. The lowest BCUT2D eigenvalue weighted by atomic mass is 9.94. The van der Waals surface area contributed by atoms with E-state index in [1.54, 1.807) is 12.1 Å². The first-order valence-corrected chi connectivity index (χ1v) is 12.0. The lowest BCUT2D eigenvalue weighted by Crippen LogP contribution is -2.34. The van der Waals surface area contributed by atoms with Crippen LogP contribution < -0.4 is 14.2 Å². The molecule has 1 aliphatic heterocycles. The van der Waals surface area contributed by atoms with Crippen LogP contribution in [0.25, 0.3) is 0 Å². The van der Waals surface area contributed by atoms with Gasteiger partial charge in [0.1, 0.15) is 17.1 Å². The van der Waals surface area contributed by atoms with Crippen molar-refractivity contribution < 1.29 is 31.2 Å². The van der Waals surface area contributed by atoms with E-state index >= 15 is 0 Å². The number of hydrogen-bond donors (Lipinski definition) is 1. The third kappa shape index (κ3) is 7.15. The molecule has 1 amide bonds. The van der Waals surface area contributed by atoms with Crippen LogP contribution in [0, 0.1) is 0 Å². The van der Waals surface area contributed by atoms with Gasteiger partial charge in [-0.2, -0.15) is 0 Å². The molecular formula is C21H22Cl2N2O7S. The maximum atomic E-state index is 11.8. The summed E-state index contributed by atoms with van der Waals surface area (Å²) in [6.07, 6.45) is 2.71. The number of hydrogen-bond acceptors (Lipinski definition) is 8. The Labute approximate surface area is 201 Å². The molecule has 178 valence electrons. The van der Waals surface area contributed by atoms with Crippen LogP contribution in [0.4, 0.5) is 10.5 Å². The van der Waals surface area contributed by atoms with Gasteiger partial charge in [0, 0.05) is 17.8 Å². The quantitative estimate of drug-likeness (QED) is 0.246. The van der Waals surface area contributed by atoms with E-state index in [0.29, 0.717) is 37.3 Å². The van der Waals surface area contributed by atoms with Gasteiger partial charge in [-0.1, -0.05) is 28.4 Å². The van der Waals surface area contributed by atoms with E-state index in [9.17, 15) is 13.2 Å². The molecule has 0 aliphatic carbocycles. The number of benzene rings is 2. The van der Waals surface area contributed by atoms with Gasteiger partial charge in [-0.25, -0.2) is 9.08 Å². The molecule has 0 bridgehead atoms. The number of rotatable bonds is 10. The second kappa shape index (κ2) is 10.5. The van der Waals surface area contributed by atoms with Crippen LogP contribution >= 0.6 is 23.2 Å². The number of amides is 1. The Balaban J connectivity index is 1.38. The zero-order valence-corrected chi connectivity index (χ0v) is 20.2. The number of carbonyl (C=O) groups is 1. The second-order valence-corrected chi connectivity index (χ2v) is 9.45. The van der Waals surface area contributed by atoms with Gasteiger partial charge in [0.2, 0.25) is 0 Å². The highest BCUT2D eigenvalue weighted by Crippen LogP contribution is 2.37. The summed E-state index contributed by atoms with van der Waals surface area (Å²) in [5.74, 6) is 0.611. The van der Waals surface area contributed by atoms with Crippen molar-refractivity contribution in [2.24, 2.45) is 5.16 Å². The molecule has 2 aromatic carbocycles. The van der Waals surface area contributed by atoms with Crippen molar-refractivity contribution in [3.05, 3.63) is 52.0 Å². The number of oxime groups is 1. The zero-order valence-electron chi connectivity index (χ0n) is 17.8. The van der Waals surface area contributed by atoms with E-state index in [2.05, 4.69) is 14.8 Å². The predicted octanol–water partition coefficient (Wildman–Crippen LogP) is 5.67. The van der Waals surface area contributed by atoms with Gasteiger partial charge in [0.25, 0.3) is 0 Å². The molecule has 1 aliphatic rings. The first-order chi connectivity index (χ1) is 15.6. The third-order valence-electron chi connectivity index (χ3n) is 4.52. The molecule has 0 saturated heterocycles. The number of nitrogens with one attached hydrogen (secondary N) is 1. The predicted molar refractivity (Wildman–Crippen MR) is 125 cm³/mol. The van der Waals surface area contributed by atoms with Crippen LogP contribution in [0.3, 0.4) is 0 Å². The molecule has 0 spiro atoms. The number of ether oxygens (including phenoxy) is 2. The maximum Gasteiger partial charge on any atom is 0.521 e. The number of carbonyl (C=O) groups excluding carboxylic acids is 1. The summed E-state index contributed by atoms with van der Waals surface area (Å²) in [6, 6.07) is 9.37. The van der Waals surface area contributed by atoms with E-state index in [4.69, 9.17) is 36.9 Å². The van der Waals surface area contributed by atoms with Crippen LogP contribution in [-0.4, -0.2) is 27.3 Å². The van der Waals surface area contributed by atoms with Gasteiger partial charge in [0.15, 0.2) is 0 Å². The molecule has 0 unspecified atom stereocenters. The summed E-state index contributed by atoms with van der Waals surface area (Å²) in [5, 5.41) is 6.49. The SMILES string of the molecule is CC1(C)OC(=O)Nc2ccc(OCCCCC=NOS(=O)(=O)Oc3ccc(Cl)c(Cl)c3)cc21. The topological polar surface area (TPSA) is 113 Å². The Hall–Kier alpha value is -2.69. The largest absolute Gasteiger partial charge is 0.521 e. The summed E-state index contributed by atoms with van der Waals surface area (Å²) >= 11 is 11.6. The second-order valence-electron chi connectivity index (χ2n) is 7.51. The van der Waals surface area contributed by atoms with Crippen molar-refractivity contribution in [1.29, 1.82) is 0 Å². The first-order valence-electron chi connectivity index (χ1n) is 9.93. The summed E-state index contributed by atoms with van der Waals surface area (Å²) in [5.41, 5.74) is 0.767. The minimum atomic E-state index is -4.38. The fraction of sp³-hybridized carbons (Fsp3) is 0.333. The molecule has 0 fully saturated rings. The van der Waals surface area contributed by atoms with Gasteiger partial charge < -0.3 is 13.7 Å². The Morgan fingerprint density at radius 1 is 1.09 bits per heavy atom. The van der Waals surface area contributed by atoms with Crippen molar-refractivity contribution in [2.45, 2.75) is 38.7 Å². The summed E-state index contributed by atoms with van der Waals surface area (Å²) < 4.78 is 43.8. The number of anilines is 1. The molecule has 2 aromatic rings. The number of halogens is 2. The van der Waals surface area contributed by atoms with Crippen molar-refractivity contribution in [2.75, 3.05) is 11.9 Å². The van der Waals surface area contributed by atoms with Crippen molar-refractivity contribution in [1.82, 2.24) is 0 Å². The summed E-state index contributed by atoms with van der Waals surface area (Å²) in [4.78, 5) is 11.6. The molecule has 0 atom stereocenters. The summed E-state index contributed by atoms with van der Waals surface area (Å²) in [7, 11) is -4.38. The normalized spacial score (nSPS) is 14.8. The molecule has 9 nitrogen and oxygen atoms in total. The molecule has 0 radical (unpaired) electrons. The van der Waals surface area contributed by atoms with Gasteiger partial charge in [-0.05, 0) is 63.4 Å². The Kier molecular flexibility index (Phi) is 7.93. The van der Waals surface area contributed by atoms with Gasteiger partial charge in [-0.15, -0.1) is 8.42 Å². The highest BCUT2D eigenvalue weighted by molar-refractivity contribution is 7.82. The average molecular weight is 517 g/mol. The zero-order chi connectivity index (χ0) is 24.1. The molecule has 3 rings (SSSR count). The maximum absolute atomic E-state index is 11.8. The van der Waals surface area contributed by atoms with Gasteiger partial charge in [0.05, 0.1) is 22.3 Å². The average Bonchev–Trinajstić information content (AvgIpc) is 2.72. The minimum absolute atomic E-state index is 0.0451. The van der Waals surface area contributed by atoms with Gasteiger partial charge in [-0.3, -0.25) is 5.32 Å². The van der Waals surface area contributed by atoms with Crippen molar-refractivity contribution in [3.8, 4) is 11.5 Å². The lowest BCUT2D eigenvalue weighted by molar-refractivity contribution is 0.0418. The molecule has 0 saturated carbocycles. The van der Waals surface area contributed by atoms with E-state index in [0.717, 1.165) is 5.56 Å². The number of unbranched alkanes of at least 4 members (excludes halogenated alkanes) is 2. The van der Waals surface area contributed by atoms with E-state index in [1.807, 2.05) is 19.9 Å². The Bertz CT molecular complexity index is 1150. The van der Waals surface area contributed by atoms with Crippen LogP contribution in [0.2, 0.25) is 10.0 Å². The molecule has 0 aromatic heterocycles. The molecular weight excluding hydrogens is 495 g/mol. The van der Waals surface area contributed by atoms with Crippen LogP contribution in [0.1, 0.15) is 38.7 Å². The third-order valence-corrected chi connectivity index (χ3v) is 5.92. The molecule has 33 heavy (non-hydrogen) atoms. The van der Waals surface area contributed by atoms with E-state index < -0.39 is 22.1 Å². The van der Waals surface area contributed by atoms with Crippen LogP contribution in [0.15, 0.2) is 41.6 Å². The number of fused-ring (bicyclic) bond motifs is 1. The number of cyclic esters (lactones) is 1. The molecule has 12 heteroatoms. The lowest BCUT2D eigenvalue weighted by Gasteiger charge is -2.32. The summed E-state index contributed by atoms with van der Waals surface area (Å²) in [6.45, 7) is 4.07. The Morgan fingerprint density at radius 2 is 1.85 bits per heavy atom. The standard InChI is InChI=1S/C21H22Cl2N2O7S/c1-21(2)16-12-14(7-9-19(16)25-20(26)30-21)29-11-5-3-4-10-24-32-33(27,28)31-15-6-8-17(22)18(23)13-15/h6-10,12-13H,3-5,11H2,1-2H3,(H,25,26). The fourth-order valence-corrected chi connectivity index (χ4v) is 3.79. The minimum Gasteiger partial charge on any atom is -0.494 e. The van der Waals surface area contributed by atoms with Crippen LogP contribution in [-0.2, 0) is 25.0 Å². The monoisotopic (exact) mass is 516 g/mol. The van der Waals surface area contributed by atoms with Gasteiger partial charge >= 0.3 is 16.5 Å². The number of nitrogens with zero attached hydrogens (tertiary/aromatic N) is 1. The molecule has 1 N–H and O–H groups in total. The fourth-order valence-electron chi connectivity index (χ4n) is 2.97. The van der Waals surface area contributed by atoms with E-state index in [-0.39, 0.29) is 15.8 Å². The first kappa shape index (κ1) is 24.9. The van der Waals surface area contributed by atoms with E-state index in [1.165, 1.54) is 24.4 Å².